The number of hydrogen-bond acceptors (Lipinski definition) is 3. The summed E-state index contributed by atoms with van der Waals surface area (Å²) in [5, 5.41) is 4.02. The smallest absolute Gasteiger partial charge is 0.191 e. The van der Waals surface area contributed by atoms with E-state index in [9.17, 15) is 4.79 Å². The molecule has 0 fully saturated rings. The molecule has 1 aromatic rings. The summed E-state index contributed by atoms with van der Waals surface area (Å²) >= 11 is 0. The van der Waals surface area contributed by atoms with Crippen molar-refractivity contribution in [3.05, 3.63) is 18.0 Å². The molecule has 0 unspecified atom stereocenters. The average Bonchev–Trinajstić information content (AvgIpc) is 2.66. The van der Waals surface area contributed by atoms with Crippen molar-refractivity contribution in [2.24, 2.45) is 0 Å². The lowest BCUT2D eigenvalue weighted by Gasteiger charge is -1.98. The van der Waals surface area contributed by atoms with E-state index >= 15 is 0 Å². The Hall–Kier alpha value is -1.16. The van der Waals surface area contributed by atoms with Gasteiger partial charge in [-0.15, -0.1) is 0 Å². The van der Waals surface area contributed by atoms with Crippen molar-refractivity contribution >= 4 is 5.78 Å². The average molecular weight is 196 g/mol. The van der Waals surface area contributed by atoms with E-state index in [4.69, 9.17) is 4.74 Å². The van der Waals surface area contributed by atoms with Gasteiger partial charge in [0.25, 0.3) is 0 Å². The molecule has 0 aromatic carbocycles. The summed E-state index contributed by atoms with van der Waals surface area (Å²) in [4.78, 5) is 11.5. The number of rotatable bonds is 6. The number of aryl methyl sites for hydroxylation is 1. The Morgan fingerprint density at radius 1 is 1.57 bits per heavy atom. The normalized spacial score (nSPS) is 10.4. The molecule has 78 valence electrons. The van der Waals surface area contributed by atoms with E-state index < -0.39 is 0 Å². The van der Waals surface area contributed by atoms with Gasteiger partial charge in [0.15, 0.2) is 5.78 Å². The van der Waals surface area contributed by atoms with E-state index in [1.54, 1.807) is 17.1 Å². The van der Waals surface area contributed by atoms with E-state index in [0.717, 1.165) is 13.0 Å². The Bertz CT molecular complexity index is 294. The van der Waals surface area contributed by atoms with Crippen LogP contribution in [0.1, 0.15) is 30.6 Å². The molecule has 0 radical (unpaired) electrons. The lowest BCUT2D eigenvalue weighted by Crippen LogP contribution is -2.08. The van der Waals surface area contributed by atoms with Gasteiger partial charge in [-0.2, -0.15) is 5.10 Å². The van der Waals surface area contributed by atoms with Crippen LogP contribution in [0.15, 0.2) is 12.4 Å². The summed E-state index contributed by atoms with van der Waals surface area (Å²) < 4.78 is 6.88. The van der Waals surface area contributed by atoms with Gasteiger partial charge < -0.3 is 4.74 Å². The van der Waals surface area contributed by atoms with Crippen molar-refractivity contribution < 1.29 is 9.53 Å². The largest absolute Gasteiger partial charge is 0.373 e. The maximum Gasteiger partial charge on any atom is 0.191 e. The van der Waals surface area contributed by atoms with E-state index in [2.05, 4.69) is 5.10 Å². The first-order valence-electron chi connectivity index (χ1n) is 4.91. The fraction of sp³-hybridized carbons (Fsp3) is 0.600. The van der Waals surface area contributed by atoms with Crippen molar-refractivity contribution in [3.63, 3.8) is 0 Å². The molecule has 4 heteroatoms. The summed E-state index contributed by atoms with van der Waals surface area (Å²) in [7, 11) is 0. The van der Waals surface area contributed by atoms with Crippen LogP contribution in [-0.4, -0.2) is 28.8 Å². The molecule has 0 aliphatic carbocycles. The molecule has 0 N–H and O–H groups in total. The quantitative estimate of drug-likeness (QED) is 0.511. The predicted molar refractivity (Wildman–Crippen MR) is 53.3 cm³/mol. The Morgan fingerprint density at radius 2 is 2.36 bits per heavy atom. The molecular formula is C10H16N2O2. The van der Waals surface area contributed by atoms with Gasteiger partial charge in [-0.25, -0.2) is 0 Å². The number of nitrogens with zero attached hydrogens (tertiary/aromatic N) is 2. The molecule has 0 aliphatic rings. The van der Waals surface area contributed by atoms with Crippen molar-refractivity contribution in [3.8, 4) is 0 Å². The second kappa shape index (κ2) is 5.54. The molecule has 0 amide bonds. The van der Waals surface area contributed by atoms with Crippen LogP contribution in [0.25, 0.3) is 0 Å². The second-order valence-corrected chi connectivity index (χ2v) is 3.06. The molecule has 14 heavy (non-hydrogen) atoms. The van der Waals surface area contributed by atoms with Gasteiger partial charge in [0.2, 0.25) is 0 Å². The van der Waals surface area contributed by atoms with Crippen LogP contribution in [0.2, 0.25) is 0 Å². The standard InChI is InChI=1S/C10H16N2O2/c1-3-5-14-8-10(13)9-6-11-12(4-2)7-9/h6-7H,3-5,8H2,1-2H3. The zero-order chi connectivity index (χ0) is 10.4. The zero-order valence-electron chi connectivity index (χ0n) is 8.69. The lowest BCUT2D eigenvalue weighted by molar-refractivity contribution is 0.0761. The van der Waals surface area contributed by atoms with E-state index in [0.29, 0.717) is 12.2 Å². The number of hydrogen-bond donors (Lipinski definition) is 0. The van der Waals surface area contributed by atoms with Crippen LogP contribution in [-0.2, 0) is 11.3 Å². The number of carbonyl (C=O) groups is 1. The third-order valence-corrected chi connectivity index (χ3v) is 1.86. The van der Waals surface area contributed by atoms with Crippen LogP contribution < -0.4 is 0 Å². The van der Waals surface area contributed by atoms with Crippen molar-refractivity contribution in [2.45, 2.75) is 26.8 Å². The highest BCUT2D eigenvalue weighted by molar-refractivity contribution is 5.96. The summed E-state index contributed by atoms with van der Waals surface area (Å²) in [6, 6.07) is 0. The van der Waals surface area contributed by atoms with Gasteiger partial charge in [0.1, 0.15) is 6.61 Å². The Morgan fingerprint density at radius 3 is 2.93 bits per heavy atom. The summed E-state index contributed by atoms with van der Waals surface area (Å²) in [6.07, 6.45) is 4.26. The minimum atomic E-state index is -0.00171. The first kappa shape index (κ1) is 10.9. The molecule has 4 nitrogen and oxygen atoms in total. The maximum absolute atomic E-state index is 11.5. The van der Waals surface area contributed by atoms with Crippen LogP contribution in [0, 0.1) is 0 Å². The lowest BCUT2D eigenvalue weighted by atomic mass is 10.2. The van der Waals surface area contributed by atoms with Crippen LogP contribution >= 0.6 is 0 Å². The maximum atomic E-state index is 11.5. The molecular weight excluding hydrogens is 180 g/mol. The topological polar surface area (TPSA) is 44.1 Å². The molecule has 0 spiro atoms. The fourth-order valence-electron chi connectivity index (χ4n) is 1.07. The third-order valence-electron chi connectivity index (χ3n) is 1.86. The number of Topliss-reactive ketones (excluding diaryl/α,β-unsaturated/α-hetero) is 1. The molecule has 0 atom stereocenters. The summed E-state index contributed by atoms with van der Waals surface area (Å²) in [5.74, 6) is -0.00171. The van der Waals surface area contributed by atoms with Crippen LogP contribution in [0.4, 0.5) is 0 Å². The SMILES string of the molecule is CCCOCC(=O)c1cnn(CC)c1. The monoisotopic (exact) mass is 196 g/mol. The predicted octanol–water partition coefficient (Wildman–Crippen LogP) is 1.51. The first-order valence-corrected chi connectivity index (χ1v) is 4.91. The van der Waals surface area contributed by atoms with Gasteiger partial charge in [-0.3, -0.25) is 9.48 Å². The fourth-order valence-corrected chi connectivity index (χ4v) is 1.07. The highest BCUT2D eigenvalue weighted by Crippen LogP contribution is 1.99. The first-order chi connectivity index (χ1) is 6.77. The van der Waals surface area contributed by atoms with Gasteiger partial charge in [-0.05, 0) is 13.3 Å². The molecule has 0 saturated heterocycles. The number of carbonyl (C=O) groups excluding carboxylic acids is 1. The summed E-state index contributed by atoms with van der Waals surface area (Å²) in [6.45, 7) is 5.56. The highest BCUT2D eigenvalue weighted by Gasteiger charge is 2.07. The minimum Gasteiger partial charge on any atom is -0.373 e. The van der Waals surface area contributed by atoms with Gasteiger partial charge in [0.05, 0.1) is 11.8 Å². The molecule has 0 aliphatic heterocycles. The van der Waals surface area contributed by atoms with E-state index in [1.165, 1.54) is 0 Å². The molecule has 1 heterocycles. The number of ether oxygens (including phenoxy) is 1. The molecule has 1 aromatic heterocycles. The number of aromatic nitrogens is 2. The van der Waals surface area contributed by atoms with Gasteiger partial charge in [0, 0.05) is 19.3 Å². The van der Waals surface area contributed by atoms with E-state index in [-0.39, 0.29) is 12.4 Å². The summed E-state index contributed by atoms with van der Waals surface area (Å²) in [5.41, 5.74) is 0.628. The molecule has 0 saturated carbocycles. The molecule has 0 bridgehead atoms. The van der Waals surface area contributed by atoms with E-state index in [1.807, 2.05) is 13.8 Å². The highest BCUT2D eigenvalue weighted by atomic mass is 16.5. The Labute approximate surface area is 83.9 Å². The second-order valence-electron chi connectivity index (χ2n) is 3.06. The zero-order valence-corrected chi connectivity index (χ0v) is 8.69. The van der Waals surface area contributed by atoms with Gasteiger partial charge in [-0.1, -0.05) is 6.92 Å². The van der Waals surface area contributed by atoms with Crippen molar-refractivity contribution in [1.82, 2.24) is 9.78 Å². The van der Waals surface area contributed by atoms with Crippen molar-refractivity contribution in [1.29, 1.82) is 0 Å². The van der Waals surface area contributed by atoms with Crippen molar-refractivity contribution in [2.75, 3.05) is 13.2 Å². The van der Waals surface area contributed by atoms with Gasteiger partial charge >= 0.3 is 0 Å². The number of ketones is 1. The Balaban J connectivity index is 2.44. The third kappa shape index (κ3) is 2.96. The van der Waals surface area contributed by atoms with Crippen LogP contribution in [0.3, 0.4) is 0 Å². The molecule has 1 rings (SSSR count). The Kier molecular flexibility index (Phi) is 4.32. The van der Waals surface area contributed by atoms with Crippen LogP contribution in [0.5, 0.6) is 0 Å². The minimum absolute atomic E-state index is 0.00171.